The lowest BCUT2D eigenvalue weighted by Gasteiger charge is -2.32. The van der Waals surface area contributed by atoms with Crippen molar-refractivity contribution in [3.63, 3.8) is 0 Å². The molecule has 7 atom stereocenters. The molecule has 15 nitrogen and oxygen atoms in total. The van der Waals surface area contributed by atoms with Crippen LogP contribution in [0.15, 0.2) is 41.2 Å². The molecule has 16 heteroatoms. The maximum absolute atomic E-state index is 14.3. The van der Waals surface area contributed by atoms with Crippen LogP contribution in [-0.4, -0.2) is 87.5 Å². The van der Waals surface area contributed by atoms with Gasteiger partial charge in [0.25, 0.3) is 11.5 Å². The van der Waals surface area contributed by atoms with Gasteiger partial charge in [0.1, 0.15) is 23.7 Å². The van der Waals surface area contributed by atoms with Gasteiger partial charge in [0.2, 0.25) is 27.7 Å². The molecule has 3 heterocycles. The maximum atomic E-state index is 14.3. The Morgan fingerprint density at radius 3 is 2.50 bits per heavy atom. The monoisotopic (exact) mass is 712 g/mol. The van der Waals surface area contributed by atoms with Gasteiger partial charge in [0.05, 0.1) is 22.6 Å². The van der Waals surface area contributed by atoms with Crippen molar-refractivity contribution in [2.45, 2.75) is 101 Å². The predicted molar refractivity (Wildman–Crippen MR) is 182 cm³/mol. The molecule has 4 amide bonds. The van der Waals surface area contributed by atoms with Gasteiger partial charge in [0, 0.05) is 18.9 Å². The Balaban J connectivity index is 1.36. The van der Waals surface area contributed by atoms with Gasteiger partial charge in [-0.2, -0.15) is 0 Å². The number of nitrogens with one attached hydrogen (secondary N) is 3. The van der Waals surface area contributed by atoms with Crippen molar-refractivity contribution >= 4 is 44.6 Å². The van der Waals surface area contributed by atoms with Crippen LogP contribution in [0.5, 0.6) is 5.88 Å². The van der Waals surface area contributed by atoms with Crippen molar-refractivity contribution in [3.05, 3.63) is 46.8 Å². The van der Waals surface area contributed by atoms with Gasteiger partial charge < -0.3 is 25.4 Å². The maximum Gasteiger partial charge on any atom is 0.405 e. The Kier molecular flexibility index (Phi) is 9.68. The van der Waals surface area contributed by atoms with Crippen LogP contribution >= 0.6 is 0 Å². The highest BCUT2D eigenvalue weighted by Crippen LogP contribution is 2.46. The molecule has 0 spiro atoms. The SMILES string of the molecule is CCn1nc(O[C@@H]2C[C@H]3C(=O)N[C@]4(C(=O)NS(=O)(=O)C5CC5)C[C@H]4/C=C\CC[C@H](C)C[C@@H](C)[C@H](NC(=O)O)C(=O)N3C2)c2ccccc2c1=O. The zero-order valence-corrected chi connectivity index (χ0v) is 29.1. The number of aromatic nitrogens is 2. The number of sulfonamides is 1. The minimum Gasteiger partial charge on any atom is -0.471 e. The normalized spacial score (nSPS) is 31.0. The molecule has 2 aromatic rings. The number of amides is 4. The molecule has 2 aliphatic heterocycles. The van der Waals surface area contributed by atoms with Crippen LogP contribution in [0, 0.1) is 17.8 Å². The largest absolute Gasteiger partial charge is 0.471 e. The number of fused-ring (bicyclic) bond motifs is 3. The molecule has 2 aliphatic carbocycles. The van der Waals surface area contributed by atoms with E-state index in [0.29, 0.717) is 36.5 Å². The first-order chi connectivity index (χ1) is 23.7. The number of carboxylic acid groups (broad SMARTS) is 1. The van der Waals surface area contributed by atoms with Gasteiger partial charge in [-0.3, -0.25) is 23.9 Å². The molecule has 50 heavy (non-hydrogen) atoms. The standard InChI is InChI=1S/C34H44N6O9S/c1-4-40-30(42)25-12-8-7-11-24(25)29(37-40)49-22-16-26-28(41)36-34(32(44)38-50(47,48)23-13-14-23)17-21(34)10-6-5-9-19(2)15-20(3)27(35-33(45)46)31(43)39(26)18-22/h6-8,10-12,19-23,26-27,35H,4-5,9,13-18H2,1-3H3,(H,36,41)(H,38,44)(H,45,46)/b10-6-/t19-,20+,21+,22+,26-,27-,34+/m0/s1. The minimum atomic E-state index is -3.91. The summed E-state index contributed by atoms with van der Waals surface area (Å²) in [7, 11) is -3.91. The Labute approximate surface area is 289 Å². The van der Waals surface area contributed by atoms with Crippen molar-refractivity contribution in [2.75, 3.05) is 6.54 Å². The predicted octanol–water partition coefficient (Wildman–Crippen LogP) is 1.90. The van der Waals surface area contributed by atoms with E-state index >= 15 is 0 Å². The first-order valence-corrected chi connectivity index (χ1v) is 18.8. The first-order valence-electron chi connectivity index (χ1n) is 17.2. The Morgan fingerprint density at radius 1 is 1.10 bits per heavy atom. The average Bonchev–Trinajstić information content (AvgIpc) is 3.99. The number of benzene rings is 1. The number of hydrogen-bond donors (Lipinski definition) is 4. The molecule has 0 radical (unpaired) electrons. The van der Waals surface area contributed by atoms with Crippen molar-refractivity contribution < 1.29 is 37.4 Å². The molecule has 4 N–H and O–H groups in total. The van der Waals surface area contributed by atoms with E-state index in [-0.39, 0.29) is 43.3 Å². The van der Waals surface area contributed by atoms with Crippen LogP contribution in [0.25, 0.3) is 10.8 Å². The third kappa shape index (κ3) is 7.07. The fourth-order valence-electron chi connectivity index (χ4n) is 7.29. The summed E-state index contributed by atoms with van der Waals surface area (Å²) in [5, 5.41) is 19.5. The number of hydrogen-bond acceptors (Lipinski definition) is 9. The van der Waals surface area contributed by atoms with Gasteiger partial charge in [-0.25, -0.2) is 17.9 Å². The number of rotatable bonds is 7. The van der Waals surface area contributed by atoms with E-state index in [9.17, 15) is 37.5 Å². The molecule has 3 fully saturated rings. The molecule has 0 unspecified atom stereocenters. The molecule has 270 valence electrons. The van der Waals surface area contributed by atoms with Crippen LogP contribution in [-0.2, 0) is 31.0 Å². The smallest absolute Gasteiger partial charge is 0.405 e. The summed E-state index contributed by atoms with van der Waals surface area (Å²) in [5.41, 5.74) is -1.84. The van der Waals surface area contributed by atoms with Crippen LogP contribution < -0.4 is 25.7 Å². The summed E-state index contributed by atoms with van der Waals surface area (Å²) < 4.78 is 35.3. The van der Waals surface area contributed by atoms with E-state index < -0.39 is 74.7 Å². The highest BCUT2D eigenvalue weighted by Gasteiger charge is 2.62. The summed E-state index contributed by atoms with van der Waals surface area (Å²) in [6.07, 6.45) is 4.49. The van der Waals surface area contributed by atoms with Crippen LogP contribution in [0.4, 0.5) is 4.79 Å². The van der Waals surface area contributed by atoms with Gasteiger partial charge in [-0.1, -0.05) is 38.1 Å². The summed E-state index contributed by atoms with van der Waals surface area (Å²) in [4.78, 5) is 68.4. The molecule has 2 saturated carbocycles. The molecular weight excluding hydrogens is 668 g/mol. The lowest BCUT2D eigenvalue weighted by Crippen LogP contribution is -2.59. The molecule has 6 rings (SSSR count). The van der Waals surface area contributed by atoms with Gasteiger partial charge in [-0.05, 0) is 69.4 Å². The Bertz CT molecular complexity index is 1890. The number of nitrogens with zero attached hydrogens (tertiary/aromatic N) is 3. The van der Waals surface area contributed by atoms with Crippen molar-refractivity contribution in [3.8, 4) is 5.88 Å². The molecule has 1 aromatic carbocycles. The van der Waals surface area contributed by atoms with E-state index in [4.69, 9.17) is 4.74 Å². The van der Waals surface area contributed by atoms with Crippen molar-refractivity contribution in [1.82, 2.24) is 30.0 Å². The number of allylic oxidation sites excluding steroid dienone is 1. The van der Waals surface area contributed by atoms with Crippen molar-refractivity contribution in [2.24, 2.45) is 17.8 Å². The molecule has 4 aliphatic rings. The Morgan fingerprint density at radius 2 is 1.82 bits per heavy atom. The number of aryl methyl sites for hydroxylation is 1. The zero-order chi connectivity index (χ0) is 36.0. The fourth-order valence-corrected chi connectivity index (χ4v) is 8.66. The van der Waals surface area contributed by atoms with E-state index in [0.717, 1.165) is 6.42 Å². The molecular formula is C34H44N6O9S. The quantitative estimate of drug-likeness (QED) is 0.307. The fraction of sp³-hybridized carbons (Fsp3) is 0.588. The lowest BCUT2D eigenvalue weighted by molar-refractivity contribution is -0.142. The second-order valence-corrected chi connectivity index (χ2v) is 16.1. The van der Waals surface area contributed by atoms with Crippen LogP contribution in [0.3, 0.4) is 0 Å². The zero-order valence-electron chi connectivity index (χ0n) is 28.3. The third-order valence-electron chi connectivity index (χ3n) is 10.3. The van der Waals surface area contributed by atoms with Crippen LogP contribution in [0.2, 0.25) is 0 Å². The highest BCUT2D eigenvalue weighted by atomic mass is 32.2. The third-order valence-corrected chi connectivity index (χ3v) is 12.1. The van der Waals surface area contributed by atoms with E-state index in [2.05, 4.69) is 20.5 Å². The number of carbonyl (C=O) groups is 4. The van der Waals surface area contributed by atoms with E-state index in [1.807, 2.05) is 19.1 Å². The number of carbonyl (C=O) groups excluding carboxylic acids is 3. The number of ether oxygens (including phenoxy) is 1. The summed E-state index contributed by atoms with van der Waals surface area (Å²) in [6.45, 7) is 5.73. The molecule has 1 saturated heterocycles. The minimum absolute atomic E-state index is 0.0397. The highest BCUT2D eigenvalue weighted by molar-refractivity contribution is 7.91. The van der Waals surface area contributed by atoms with Gasteiger partial charge in [-0.15, -0.1) is 5.10 Å². The van der Waals surface area contributed by atoms with Crippen LogP contribution in [0.1, 0.15) is 65.7 Å². The topological polar surface area (TPSA) is 206 Å². The van der Waals surface area contributed by atoms with Gasteiger partial charge >= 0.3 is 6.09 Å². The molecule has 1 aromatic heterocycles. The first kappa shape index (κ1) is 35.4. The second kappa shape index (κ2) is 13.7. The van der Waals surface area contributed by atoms with E-state index in [1.165, 1.54) is 9.58 Å². The molecule has 0 bridgehead atoms. The summed E-state index contributed by atoms with van der Waals surface area (Å²) >= 11 is 0. The lowest BCUT2D eigenvalue weighted by atomic mass is 9.88. The summed E-state index contributed by atoms with van der Waals surface area (Å²) in [6, 6.07) is 4.44. The second-order valence-electron chi connectivity index (χ2n) is 14.2. The van der Waals surface area contributed by atoms with E-state index in [1.54, 1.807) is 38.1 Å². The van der Waals surface area contributed by atoms with Crippen molar-refractivity contribution in [1.29, 1.82) is 0 Å². The van der Waals surface area contributed by atoms with Gasteiger partial charge in [0.15, 0.2) is 0 Å². The summed E-state index contributed by atoms with van der Waals surface area (Å²) in [5.74, 6) is -2.79. The average molecular weight is 713 g/mol. The Hall–Kier alpha value is -4.47.